The number of nitrogens with zero attached hydrogens (tertiary/aromatic N) is 1. The van der Waals surface area contributed by atoms with E-state index in [4.69, 9.17) is 4.74 Å². The van der Waals surface area contributed by atoms with Crippen LogP contribution in [0.2, 0.25) is 0 Å². The number of likely N-dealkylation sites (N-methyl/N-ethyl adjacent to an activating group) is 1. The number of rotatable bonds is 8. The molecule has 2 rings (SSSR count). The highest BCUT2D eigenvalue weighted by Gasteiger charge is 2.18. The molecule has 0 aromatic heterocycles. The number of carbonyl (C=O) groups excluding carboxylic acids is 2. The molecular formula is C20H23NO3. The van der Waals surface area contributed by atoms with E-state index in [1.807, 2.05) is 6.07 Å². The summed E-state index contributed by atoms with van der Waals surface area (Å²) in [6.07, 6.45) is 0. The molecule has 0 unspecified atom stereocenters. The third-order valence-electron chi connectivity index (χ3n) is 3.96. The van der Waals surface area contributed by atoms with Gasteiger partial charge in [0.05, 0.1) is 5.56 Å². The molecule has 0 saturated heterocycles. The van der Waals surface area contributed by atoms with Gasteiger partial charge in [-0.15, -0.1) is 0 Å². The molecule has 4 nitrogen and oxygen atoms in total. The first-order chi connectivity index (χ1) is 11.7. The van der Waals surface area contributed by atoms with Crippen LogP contribution in [0.3, 0.4) is 0 Å². The Bertz CT molecular complexity index is 678. The van der Waals surface area contributed by atoms with Gasteiger partial charge in [-0.3, -0.25) is 4.79 Å². The van der Waals surface area contributed by atoms with Crippen molar-refractivity contribution in [3.8, 4) is 0 Å². The van der Waals surface area contributed by atoms with E-state index in [1.165, 1.54) is 0 Å². The van der Waals surface area contributed by atoms with Crippen LogP contribution in [-0.4, -0.2) is 42.9 Å². The molecule has 0 radical (unpaired) electrons. The minimum atomic E-state index is -0.456. The highest BCUT2D eigenvalue weighted by molar-refractivity contribution is 6.14. The lowest BCUT2D eigenvalue weighted by Gasteiger charge is -2.17. The largest absolute Gasteiger partial charge is 0.461 e. The molecule has 0 heterocycles. The zero-order chi connectivity index (χ0) is 17.4. The summed E-state index contributed by atoms with van der Waals surface area (Å²) < 4.78 is 5.36. The Morgan fingerprint density at radius 3 is 2.08 bits per heavy atom. The van der Waals surface area contributed by atoms with E-state index >= 15 is 0 Å². The number of benzene rings is 2. The number of esters is 1. The van der Waals surface area contributed by atoms with Crippen molar-refractivity contribution in [2.45, 2.75) is 13.8 Å². The Hall–Kier alpha value is -2.46. The second-order valence-corrected chi connectivity index (χ2v) is 5.40. The van der Waals surface area contributed by atoms with Gasteiger partial charge in [0.1, 0.15) is 6.61 Å². The minimum Gasteiger partial charge on any atom is -0.461 e. The molecule has 0 amide bonds. The second-order valence-electron chi connectivity index (χ2n) is 5.40. The Morgan fingerprint density at radius 2 is 1.46 bits per heavy atom. The third kappa shape index (κ3) is 4.52. The first-order valence-corrected chi connectivity index (χ1v) is 8.25. The first kappa shape index (κ1) is 17.9. The summed E-state index contributed by atoms with van der Waals surface area (Å²) in [6.45, 7) is 6.97. The second kappa shape index (κ2) is 8.99. The molecule has 0 spiro atoms. The summed E-state index contributed by atoms with van der Waals surface area (Å²) in [4.78, 5) is 27.2. The summed E-state index contributed by atoms with van der Waals surface area (Å²) >= 11 is 0. The van der Waals surface area contributed by atoms with Gasteiger partial charge in [-0.2, -0.15) is 0 Å². The number of ether oxygens (including phenoxy) is 1. The summed E-state index contributed by atoms with van der Waals surface area (Å²) in [5.41, 5.74) is 1.24. The Kier molecular flexibility index (Phi) is 6.70. The van der Waals surface area contributed by atoms with Crippen molar-refractivity contribution < 1.29 is 14.3 Å². The average molecular weight is 325 g/mol. The van der Waals surface area contributed by atoms with Crippen molar-refractivity contribution >= 4 is 11.8 Å². The van der Waals surface area contributed by atoms with E-state index in [-0.39, 0.29) is 5.78 Å². The molecule has 2 aromatic carbocycles. The summed E-state index contributed by atoms with van der Waals surface area (Å²) in [7, 11) is 0. The maximum Gasteiger partial charge on any atom is 0.338 e. The van der Waals surface area contributed by atoms with Crippen molar-refractivity contribution in [2.75, 3.05) is 26.2 Å². The van der Waals surface area contributed by atoms with Crippen molar-refractivity contribution in [2.24, 2.45) is 0 Å². The van der Waals surface area contributed by atoms with Gasteiger partial charge in [0.2, 0.25) is 0 Å². The van der Waals surface area contributed by atoms with E-state index in [1.54, 1.807) is 48.5 Å². The highest BCUT2D eigenvalue weighted by atomic mass is 16.5. The topological polar surface area (TPSA) is 46.6 Å². The zero-order valence-corrected chi connectivity index (χ0v) is 14.2. The Labute approximate surface area is 143 Å². The number of hydrogen-bond acceptors (Lipinski definition) is 4. The molecule has 0 aliphatic carbocycles. The van der Waals surface area contributed by atoms with E-state index in [0.717, 1.165) is 13.1 Å². The SMILES string of the molecule is CCN(CC)CCOC(=O)c1ccccc1C(=O)c1ccccc1. The minimum absolute atomic E-state index is 0.174. The van der Waals surface area contributed by atoms with Gasteiger partial charge in [0, 0.05) is 17.7 Å². The predicted octanol–water partition coefficient (Wildman–Crippen LogP) is 3.42. The molecule has 0 N–H and O–H groups in total. The normalized spacial score (nSPS) is 10.6. The lowest BCUT2D eigenvalue weighted by atomic mass is 9.98. The molecule has 0 bridgehead atoms. The average Bonchev–Trinajstić information content (AvgIpc) is 2.65. The van der Waals surface area contributed by atoms with E-state index in [2.05, 4.69) is 18.7 Å². The summed E-state index contributed by atoms with van der Waals surface area (Å²) in [5.74, 6) is -0.631. The molecular weight excluding hydrogens is 302 g/mol. The van der Waals surface area contributed by atoms with E-state index < -0.39 is 5.97 Å². The maximum absolute atomic E-state index is 12.6. The van der Waals surface area contributed by atoms with Crippen LogP contribution in [0.4, 0.5) is 0 Å². The van der Waals surface area contributed by atoms with Gasteiger partial charge in [0.25, 0.3) is 0 Å². The van der Waals surface area contributed by atoms with E-state index in [0.29, 0.717) is 29.8 Å². The molecule has 2 aromatic rings. The monoisotopic (exact) mass is 325 g/mol. The van der Waals surface area contributed by atoms with Gasteiger partial charge in [-0.1, -0.05) is 62.4 Å². The van der Waals surface area contributed by atoms with Crippen LogP contribution in [0, 0.1) is 0 Å². The van der Waals surface area contributed by atoms with Crippen LogP contribution in [0.5, 0.6) is 0 Å². The Balaban J connectivity index is 2.11. The first-order valence-electron chi connectivity index (χ1n) is 8.25. The fourth-order valence-corrected chi connectivity index (χ4v) is 2.49. The smallest absolute Gasteiger partial charge is 0.338 e. The number of hydrogen-bond donors (Lipinski definition) is 0. The van der Waals surface area contributed by atoms with Gasteiger partial charge >= 0.3 is 5.97 Å². The van der Waals surface area contributed by atoms with Crippen molar-refractivity contribution in [1.29, 1.82) is 0 Å². The molecule has 0 fully saturated rings. The standard InChI is InChI=1S/C20H23NO3/c1-3-21(4-2)14-15-24-20(23)18-13-9-8-12-17(18)19(22)16-10-6-5-7-11-16/h5-13H,3-4,14-15H2,1-2H3. The molecule has 0 atom stereocenters. The lowest BCUT2D eigenvalue weighted by molar-refractivity contribution is 0.0464. The van der Waals surface area contributed by atoms with Crippen LogP contribution in [0.25, 0.3) is 0 Å². The third-order valence-corrected chi connectivity index (χ3v) is 3.96. The van der Waals surface area contributed by atoms with Crippen LogP contribution in [0.1, 0.15) is 40.1 Å². The molecule has 4 heteroatoms. The van der Waals surface area contributed by atoms with Gasteiger partial charge in [-0.05, 0) is 19.2 Å². The summed E-state index contributed by atoms with van der Waals surface area (Å²) in [6, 6.07) is 15.7. The fraction of sp³-hybridized carbons (Fsp3) is 0.300. The molecule has 0 aliphatic rings. The molecule has 0 saturated carbocycles. The number of ketones is 1. The number of carbonyl (C=O) groups is 2. The van der Waals surface area contributed by atoms with Crippen molar-refractivity contribution in [3.63, 3.8) is 0 Å². The van der Waals surface area contributed by atoms with Crippen LogP contribution < -0.4 is 0 Å². The van der Waals surface area contributed by atoms with Gasteiger partial charge in [-0.25, -0.2) is 4.79 Å². The van der Waals surface area contributed by atoms with E-state index in [9.17, 15) is 9.59 Å². The van der Waals surface area contributed by atoms with Crippen LogP contribution in [0.15, 0.2) is 54.6 Å². The van der Waals surface area contributed by atoms with Crippen molar-refractivity contribution in [1.82, 2.24) is 4.90 Å². The van der Waals surface area contributed by atoms with Crippen molar-refractivity contribution in [3.05, 3.63) is 71.3 Å². The van der Waals surface area contributed by atoms with Crippen LogP contribution in [-0.2, 0) is 4.74 Å². The lowest BCUT2D eigenvalue weighted by Crippen LogP contribution is -2.28. The van der Waals surface area contributed by atoms with Gasteiger partial charge < -0.3 is 9.64 Å². The fourth-order valence-electron chi connectivity index (χ4n) is 2.49. The maximum atomic E-state index is 12.6. The van der Waals surface area contributed by atoms with Crippen LogP contribution >= 0.6 is 0 Å². The van der Waals surface area contributed by atoms with Gasteiger partial charge in [0.15, 0.2) is 5.78 Å². The summed E-state index contributed by atoms with van der Waals surface area (Å²) in [5, 5.41) is 0. The quantitative estimate of drug-likeness (QED) is 0.551. The predicted molar refractivity (Wildman–Crippen MR) is 94.4 cm³/mol. The molecule has 0 aliphatic heterocycles. The molecule has 24 heavy (non-hydrogen) atoms. The zero-order valence-electron chi connectivity index (χ0n) is 14.2. The highest BCUT2D eigenvalue weighted by Crippen LogP contribution is 2.15. The molecule has 126 valence electrons. The Morgan fingerprint density at radius 1 is 0.875 bits per heavy atom.